The van der Waals surface area contributed by atoms with E-state index in [1.165, 1.54) is 12.8 Å². The molecule has 0 bridgehead atoms. The van der Waals surface area contributed by atoms with Crippen molar-refractivity contribution in [3.63, 3.8) is 0 Å². The summed E-state index contributed by atoms with van der Waals surface area (Å²) < 4.78 is 5.09. The molecule has 3 nitrogen and oxygen atoms in total. The molecular formula is C15H21NO2. The Labute approximate surface area is 109 Å². The summed E-state index contributed by atoms with van der Waals surface area (Å²) in [5, 5.41) is 0. The number of methoxy groups -OCH3 is 1. The maximum atomic E-state index is 12.2. The number of likely N-dealkylation sites (tertiary alicyclic amines) is 1. The molecule has 0 spiro atoms. The Morgan fingerprint density at radius 2 is 2.00 bits per heavy atom. The van der Waals surface area contributed by atoms with Gasteiger partial charge < -0.3 is 4.74 Å². The molecule has 1 aromatic carbocycles. The molecule has 0 N–H and O–H groups in total. The van der Waals surface area contributed by atoms with Crippen LogP contribution in [-0.2, 0) is 0 Å². The van der Waals surface area contributed by atoms with E-state index in [4.69, 9.17) is 4.74 Å². The Kier molecular flexibility index (Phi) is 3.71. The Balaban J connectivity index is 2.03. The van der Waals surface area contributed by atoms with Crippen LogP contribution in [0.15, 0.2) is 24.3 Å². The van der Waals surface area contributed by atoms with Crippen molar-refractivity contribution in [3.05, 3.63) is 29.8 Å². The van der Waals surface area contributed by atoms with E-state index in [0.717, 1.165) is 17.9 Å². The van der Waals surface area contributed by atoms with Crippen LogP contribution in [0.4, 0.5) is 0 Å². The van der Waals surface area contributed by atoms with Crippen LogP contribution in [-0.4, -0.2) is 36.4 Å². The molecule has 1 heterocycles. The molecule has 18 heavy (non-hydrogen) atoms. The van der Waals surface area contributed by atoms with Crippen molar-refractivity contribution in [1.82, 2.24) is 4.90 Å². The maximum absolute atomic E-state index is 12.2. The molecule has 0 atom stereocenters. The van der Waals surface area contributed by atoms with Crippen molar-refractivity contribution >= 4 is 5.78 Å². The molecule has 1 aliphatic heterocycles. The van der Waals surface area contributed by atoms with Crippen LogP contribution in [0.25, 0.3) is 0 Å². The van der Waals surface area contributed by atoms with Gasteiger partial charge in [-0.2, -0.15) is 0 Å². The molecule has 0 radical (unpaired) electrons. The van der Waals surface area contributed by atoms with Crippen molar-refractivity contribution in [1.29, 1.82) is 0 Å². The third-order valence-corrected chi connectivity index (χ3v) is 3.82. The summed E-state index contributed by atoms with van der Waals surface area (Å²) in [7, 11) is 1.63. The number of nitrogens with zero attached hydrogens (tertiary/aromatic N) is 1. The standard InChI is InChI=1S/C15H21NO2/c1-15(2)9-4-10-16(15)11-14(17)12-5-7-13(18-3)8-6-12/h5-8H,4,9-11H2,1-3H3. The molecule has 0 aromatic heterocycles. The fraction of sp³-hybridized carbons (Fsp3) is 0.533. The van der Waals surface area contributed by atoms with Gasteiger partial charge in [-0.3, -0.25) is 9.69 Å². The largest absolute Gasteiger partial charge is 0.497 e. The molecule has 98 valence electrons. The molecule has 1 fully saturated rings. The Morgan fingerprint density at radius 3 is 2.50 bits per heavy atom. The first-order valence-electron chi connectivity index (χ1n) is 6.45. The molecule has 0 unspecified atom stereocenters. The van der Waals surface area contributed by atoms with E-state index in [1.807, 2.05) is 24.3 Å². The van der Waals surface area contributed by atoms with Gasteiger partial charge in [-0.25, -0.2) is 0 Å². The van der Waals surface area contributed by atoms with Gasteiger partial charge in [0.1, 0.15) is 5.75 Å². The van der Waals surface area contributed by atoms with Gasteiger partial charge in [0.05, 0.1) is 13.7 Å². The third kappa shape index (κ3) is 2.72. The normalized spacial score (nSPS) is 18.8. The summed E-state index contributed by atoms with van der Waals surface area (Å²) in [4.78, 5) is 14.5. The first-order valence-corrected chi connectivity index (χ1v) is 6.45. The van der Waals surface area contributed by atoms with Gasteiger partial charge >= 0.3 is 0 Å². The second-order valence-electron chi connectivity index (χ2n) is 5.49. The van der Waals surface area contributed by atoms with Gasteiger partial charge in [0.2, 0.25) is 0 Å². The van der Waals surface area contributed by atoms with Gasteiger partial charge in [-0.05, 0) is 57.5 Å². The van der Waals surface area contributed by atoms with Crippen LogP contribution < -0.4 is 4.74 Å². The summed E-state index contributed by atoms with van der Waals surface area (Å²) in [6.45, 7) is 5.96. The van der Waals surface area contributed by atoms with E-state index >= 15 is 0 Å². The van der Waals surface area contributed by atoms with Gasteiger partial charge in [0.25, 0.3) is 0 Å². The van der Waals surface area contributed by atoms with E-state index in [-0.39, 0.29) is 11.3 Å². The number of carbonyl (C=O) groups is 1. The maximum Gasteiger partial charge on any atom is 0.176 e. The Morgan fingerprint density at radius 1 is 1.33 bits per heavy atom. The topological polar surface area (TPSA) is 29.5 Å². The average molecular weight is 247 g/mol. The highest BCUT2D eigenvalue weighted by Crippen LogP contribution is 2.28. The first-order chi connectivity index (χ1) is 8.53. The van der Waals surface area contributed by atoms with Gasteiger partial charge in [-0.1, -0.05) is 0 Å². The highest BCUT2D eigenvalue weighted by atomic mass is 16.5. The van der Waals surface area contributed by atoms with Crippen molar-refractivity contribution in [2.24, 2.45) is 0 Å². The van der Waals surface area contributed by atoms with Crippen LogP contribution in [0, 0.1) is 0 Å². The minimum Gasteiger partial charge on any atom is -0.497 e. The summed E-state index contributed by atoms with van der Waals surface area (Å²) in [5.41, 5.74) is 0.917. The lowest BCUT2D eigenvalue weighted by atomic mass is 10.0. The van der Waals surface area contributed by atoms with E-state index in [2.05, 4.69) is 18.7 Å². The van der Waals surface area contributed by atoms with Crippen molar-refractivity contribution in [2.75, 3.05) is 20.2 Å². The SMILES string of the molecule is COc1ccc(C(=O)CN2CCCC2(C)C)cc1. The molecule has 1 saturated heterocycles. The highest BCUT2D eigenvalue weighted by Gasteiger charge is 2.32. The summed E-state index contributed by atoms with van der Waals surface area (Å²) >= 11 is 0. The van der Waals surface area contributed by atoms with Crippen molar-refractivity contribution in [3.8, 4) is 5.75 Å². The van der Waals surface area contributed by atoms with Crippen molar-refractivity contribution < 1.29 is 9.53 Å². The molecule has 3 heteroatoms. The number of benzene rings is 1. The van der Waals surface area contributed by atoms with Gasteiger partial charge in [0, 0.05) is 11.1 Å². The number of ketones is 1. The summed E-state index contributed by atoms with van der Waals surface area (Å²) in [5.74, 6) is 0.973. The average Bonchev–Trinajstić information content (AvgIpc) is 2.69. The zero-order valence-electron chi connectivity index (χ0n) is 11.4. The van der Waals surface area contributed by atoms with E-state index in [1.54, 1.807) is 7.11 Å². The number of rotatable bonds is 4. The van der Waals surface area contributed by atoms with Crippen LogP contribution in [0.1, 0.15) is 37.0 Å². The molecule has 0 amide bonds. The van der Waals surface area contributed by atoms with Crippen LogP contribution >= 0.6 is 0 Å². The predicted octanol–water partition coefficient (Wildman–Crippen LogP) is 2.75. The smallest absolute Gasteiger partial charge is 0.176 e. The molecule has 1 aromatic rings. The predicted molar refractivity (Wildman–Crippen MR) is 72.2 cm³/mol. The van der Waals surface area contributed by atoms with E-state index < -0.39 is 0 Å². The monoisotopic (exact) mass is 247 g/mol. The zero-order valence-corrected chi connectivity index (χ0v) is 11.4. The summed E-state index contributed by atoms with van der Waals surface area (Å²) in [6.07, 6.45) is 2.35. The van der Waals surface area contributed by atoms with Crippen LogP contribution in [0.2, 0.25) is 0 Å². The first kappa shape index (κ1) is 13.1. The van der Waals surface area contributed by atoms with Gasteiger partial charge in [-0.15, -0.1) is 0 Å². The second-order valence-corrected chi connectivity index (χ2v) is 5.49. The molecule has 2 rings (SSSR count). The van der Waals surface area contributed by atoms with Gasteiger partial charge in [0.15, 0.2) is 5.78 Å². The fourth-order valence-corrected chi connectivity index (χ4v) is 2.50. The number of Topliss-reactive ketones (excluding diaryl/α,β-unsaturated/α-hetero) is 1. The minimum atomic E-state index is 0.155. The second kappa shape index (κ2) is 5.11. The van der Waals surface area contributed by atoms with E-state index in [9.17, 15) is 4.79 Å². The molecular weight excluding hydrogens is 226 g/mol. The Bertz CT molecular complexity index is 423. The summed E-state index contributed by atoms with van der Waals surface area (Å²) in [6, 6.07) is 7.35. The lowest BCUT2D eigenvalue weighted by Crippen LogP contribution is -2.41. The lowest BCUT2D eigenvalue weighted by Gasteiger charge is -2.30. The quantitative estimate of drug-likeness (QED) is 0.766. The lowest BCUT2D eigenvalue weighted by molar-refractivity contribution is 0.0871. The molecule has 1 aliphatic rings. The number of carbonyl (C=O) groups excluding carboxylic acids is 1. The fourth-order valence-electron chi connectivity index (χ4n) is 2.50. The van der Waals surface area contributed by atoms with Crippen molar-refractivity contribution in [2.45, 2.75) is 32.2 Å². The molecule has 0 aliphatic carbocycles. The third-order valence-electron chi connectivity index (χ3n) is 3.82. The van der Waals surface area contributed by atoms with E-state index in [0.29, 0.717) is 6.54 Å². The van der Waals surface area contributed by atoms with Crippen LogP contribution in [0.3, 0.4) is 0 Å². The molecule has 0 saturated carbocycles. The zero-order chi connectivity index (χ0) is 13.2. The Hall–Kier alpha value is -1.35. The minimum absolute atomic E-state index is 0.155. The number of hydrogen-bond donors (Lipinski definition) is 0. The number of ether oxygens (including phenoxy) is 1. The number of hydrogen-bond acceptors (Lipinski definition) is 3. The van der Waals surface area contributed by atoms with Crippen LogP contribution in [0.5, 0.6) is 5.75 Å². The highest BCUT2D eigenvalue weighted by molar-refractivity contribution is 5.97.